The van der Waals surface area contributed by atoms with E-state index in [0.717, 1.165) is 31.6 Å². The molecule has 1 aromatic rings. The molecule has 1 amide bonds. The normalized spacial score (nSPS) is 19.0. The molecule has 1 saturated heterocycles. The summed E-state index contributed by atoms with van der Waals surface area (Å²) in [6, 6.07) is 6.68. The molecule has 0 saturated carbocycles. The number of piperidine rings is 1. The van der Waals surface area contributed by atoms with E-state index in [4.69, 9.17) is 0 Å². The zero-order chi connectivity index (χ0) is 15.2. The second-order valence-electron chi connectivity index (χ2n) is 6.21. The fourth-order valence-electron chi connectivity index (χ4n) is 2.75. The highest BCUT2D eigenvalue weighted by atomic mass is 19.1. The maximum Gasteiger partial charge on any atom is 0.226 e. The molecule has 1 aliphatic heterocycles. The summed E-state index contributed by atoms with van der Waals surface area (Å²) in [5.41, 5.74) is 0.879. The second kappa shape index (κ2) is 7.55. The van der Waals surface area contributed by atoms with Gasteiger partial charge in [-0.1, -0.05) is 26.0 Å². The van der Waals surface area contributed by atoms with E-state index in [1.165, 1.54) is 18.6 Å². The van der Waals surface area contributed by atoms with Gasteiger partial charge < -0.3 is 10.2 Å². The van der Waals surface area contributed by atoms with Gasteiger partial charge in [-0.05, 0) is 43.0 Å². The highest BCUT2D eigenvalue weighted by molar-refractivity contribution is 5.78. The molecule has 1 aliphatic rings. The minimum atomic E-state index is -0.260. The molecule has 21 heavy (non-hydrogen) atoms. The van der Waals surface area contributed by atoms with Crippen LogP contribution in [0, 0.1) is 11.7 Å². The van der Waals surface area contributed by atoms with E-state index in [1.54, 1.807) is 12.1 Å². The van der Waals surface area contributed by atoms with Crippen LogP contribution in [0.2, 0.25) is 0 Å². The number of carbonyl (C=O) groups excluding carboxylic acids is 1. The average molecular weight is 292 g/mol. The van der Waals surface area contributed by atoms with Gasteiger partial charge in [0.05, 0.1) is 6.42 Å². The van der Waals surface area contributed by atoms with E-state index in [9.17, 15) is 9.18 Å². The number of halogens is 1. The largest absolute Gasteiger partial charge is 0.342 e. The zero-order valence-corrected chi connectivity index (χ0v) is 12.9. The van der Waals surface area contributed by atoms with Crippen molar-refractivity contribution in [2.75, 3.05) is 19.6 Å². The topological polar surface area (TPSA) is 32.3 Å². The number of benzene rings is 1. The highest BCUT2D eigenvalue weighted by Crippen LogP contribution is 2.17. The predicted molar refractivity (Wildman–Crippen MR) is 82.5 cm³/mol. The van der Waals surface area contributed by atoms with Crippen LogP contribution in [0.15, 0.2) is 24.3 Å². The molecule has 1 fully saturated rings. The molecule has 0 spiro atoms. The number of nitrogens with zero attached hydrogens (tertiary/aromatic N) is 1. The summed E-state index contributed by atoms with van der Waals surface area (Å²) >= 11 is 0. The summed E-state index contributed by atoms with van der Waals surface area (Å²) in [4.78, 5) is 14.3. The van der Waals surface area contributed by atoms with E-state index >= 15 is 0 Å². The Labute approximate surface area is 126 Å². The monoisotopic (exact) mass is 292 g/mol. The predicted octanol–water partition coefficient (Wildman–Crippen LogP) is 2.60. The molecule has 3 nitrogen and oxygen atoms in total. The molecule has 1 atom stereocenters. The molecule has 1 N–H and O–H groups in total. The number of hydrogen-bond donors (Lipinski definition) is 1. The summed E-state index contributed by atoms with van der Waals surface area (Å²) in [7, 11) is 0. The molecule has 116 valence electrons. The molecule has 0 radical (unpaired) electrons. The zero-order valence-electron chi connectivity index (χ0n) is 12.9. The van der Waals surface area contributed by atoms with Crippen LogP contribution in [0.5, 0.6) is 0 Å². The van der Waals surface area contributed by atoms with E-state index in [2.05, 4.69) is 19.2 Å². The Kier molecular flexibility index (Phi) is 5.74. The Morgan fingerprint density at radius 1 is 1.38 bits per heavy atom. The van der Waals surface area contributed by atoms with Crippen molar-refractivity contribution in [3.63, 3.8) is 0 Å². The number of nitrogens with one attached hydrogen (secondary N) is 1. The van der Waals surface area contributed by atoms with Crippen molar-refractivity contribution in [2.45, 2.75) is 39.2 Å². The maximum absolute atomic E-state index is 12.9. The Morgan fingerprint density at radius 2 is 2.10 bits per heavy atom. The van der Waals surface area contributed by atoms with Gasteiger partial charge in [-0.15, -0.1) is 0 Å². The second-order valence-corrected chi connectivity index (χ2v) is 6.21. The summed E-state index contributed by atoms with van der Waals surface area (Å²) < 4.78 is 12.9. The van der Waals surface area contributed by atoms with Crippen LogP contribution in [0.25, 0.3) is 0 Å². The van der Waals surface area contributed by atoms with Crippen molar-refractivity contribution in [1.82, 2.24) is 10.2 Å². The first kappa shape index (κ1) is 16.0. The van der Waals surface area contributed by atoms with Gasteiger partial charge >= 0.3 is 0 Å². The number of hydrogen-bond acceptors (Lipinski definition) is 2. The van der Waals surface area contributed by atoms with Crippen LogP contribution >= 0.6 is 0 Å². The lowest BCUT2D eigenvalue weighted by Crippen LogP contribution is -2.44. The minimum absolute atomic E-state index is 0.149. The van der Waals surface area contributed by atoms with Gasteiger partial charge in [0, 0.05) is 19.1 Å². The molecular weight excluding hydrogens is 267 g/mol. The van der Waals surface area contributed by atoms with Crippen LogP contribution in [-0.4, -0.2) is 36.5 Å². The Morgan fingerprint density at radius 3 is 2.76 bits per heavy atom. The van der Waals surface area contributed by atoms with Crippen molar-refractivity contribution in [2.24, 2.45) is 5.92 Å². The lowest BCUT2D eigenvalue weighted by molar-refractivity contribution is -0.132. The summed E-state index contributed by atoms with van der Waals surface area (Å²) in [5, 5.41) is 3.45. The van der Waals surface area contributed by atoms with Crippen molar-refractivity contribution in [1.29, 1.82) is 0 Å². The third-order valence-electron chi connectivity index (χ3n) is 3.96. The first-order valence-electron chi connectivity index (χ1n) is 7.80. The van der Waals surface area contributed by atoms with Crippen LogP contribution < -0.4 is 5.32 Å². The quantitative estimate of drug-likeness (QED) is 0.905. The standard InChI is InChI=1S/C17H25FN2O/c1-13(2)19-11-15-4-3-9-20(12-15)17(21)10-14-5-7-16(18)8-6-14/h5-8,13,15,19H,3-4,9-12H2,1-2H3. The van der Waals surface area contributed by atoms with Gasteiger partial charge in [-0.2, -0.15) is 0 Å². The van der Waals surface area contributed by atoms with Gasteiger partial charge in [-0.25, -0.2) is 4.39 Å². The van der Waals surface area contributed by atoms with E-state index in [0.29, 0.717) is 18.4 Å². The summed E-state index contributed by atoms with van der Waals surface area (Å²) in [6.45, 7) is 6.93. The van der Waals surface area contributed by atoms with Crippen LogP contribution in [0.3, 0.4) is 0 Å². The van der Waals surface area contributed by atoms with E-state index in [1.807, 2.05) is 4.90 Å². The first-order valence-corrected chi connectivity index (χ1v) is 7.80. The number of likely N-dealkylation sites (tertiary alicyclic amines) is 1. The fraction of sp³-hybridized carbons (Fsp3) is 0.588. The Bertz CT molecular complexity index is 458. The summed E-state index contributed by atoms with van der Waals surface area (Å²) in [5.74, 6) is 0.429. The third-order valence-corrected chi connectivity index (χ3v) is 3.96. The fourth-order valence-corrected chi connectivity index (χ4v) is 2.75. The van der Waals surface area contributed by atoms with E-state index < -0.39 is 0 Å². The van der Waals surface area contributed by atoms with Gasteiger partial charge in [0.1, 0.15) is 5.82 Å². The Hall–Kier alpha value is -1.42. The lowest BCUT2D eigenvalue weighted by Gasteiger charge is -2.33. The summed E-state index contributed by atoms with van der Waals surface area (Å²) in [6.07, 6.45) is 2.62. The molecule has 0 bridgehead atoms. The third kappa shape index (κ3) is 5.12. The van der Waals surface area contributed by atoms with Gasteiger partial charge in [0.2, 0.25) is 5.91 Å². The number of amides is 1. The Balaban J connectivity index is 1.85. The van der Waals surface area contributed by atoms with Crippen molar-refractivity contribution < 1.29 is 9.18 Å². The van der Waals surface area contributed by atoms with Crippen LogP contribution in [0.4, 0.5) is 4.39 Å². The SMILES string of the molecule is CC(C)NCC1CCCN(C(=O)Cc2ccc(F)cc2)C1. The first-order chi connectivity index (χ1) is 10.0. The highest BCUT2D eigenvalue weighted by Gasteiger charge is 2.23. The molecule has 1 unspecified atom stereocenters. The lowest BCUT2D eigenvalue weighted by atomic mass is 9.97. The molecule has 1 aromatic carbocycles. The average Bonchev–Trinajstić information content (AvgIpc) is 2.48. The van der Waals surface area contributed by atoms with Gasteiger partial charge in [0.25, 0.3) is 0 Å². The van der Waals surface area contributed by atoms with Gasteiger partial charge in [0.15, 0.2) is 0 Å². The van der Waals surface area contributed by atoms with Crippen LogP contribution in [0.1, 0.15) is 32.3 Å². The smallest absolute Gasteiger partial charge is 0.226 e. The molecular formula is C17H25FN2O. The minimum Gasteiger partial charge on any atom is -0.342 e. The van der Waals surface area contributed by atoms with Crippen molar-refractivity contribution in [3.05, 3.63) is 35.6 Å². The van der Waals surface area contributed by atoms with E-state index in [-0.39, 0.29) is 11.7 Å². The van der Waals surface area contributed by atoms with Gasteiger partial charge in [-0.3, -0.25) is 4.79 Å². The van der Waals surface area contributed by atoms with Crippen molar-refractivity contribution in [3.8, 4) is 0 Å². The molecule has 0 aliphatic carbocycles. The molecule has 4 heteroatoms. The molecule has 1 heterocycles. The number of carbonyl (C=O) groups is 1. The molecule has 0 aromatic heterocycles. The maximum atomic E-state index is 12.9. The van der Waals surface area contributed by atoms with Crippen molar-refractivity contribution >= 4 is 5.91 Å². The van der Waals surface area contributed by atoms with Crippen LogP contribution in [-0.2, 0) is 11.2 Å². The molecule has 2 rings (SSSR count). The number of rotatable bonds is 5.